The average molecular weight is 308 g/mol. The summed E-state index contributed by atoms with van der Waals surface area (Å²) >= 11 is 5.71. The number of rotatable bonds is 8. The maximum absolute atomic E-state index is 13.0. The molecular formula is C17H19ClFNO. The fourth-order valence-corrected chi connectivity index (χ4v) is 2.15. The van der Waals surface area contributed by atoms with Crippen molar-refractivity contribution in [1.82, 2.24) is 5.32 Å². The first-order valence-electron chi connectivity index (χ1n) is 7.02. The number of halogens is 2. The van der Waals surface area contributed by atoms with Crippen molar-refractivity contribution in [2.45, 2.75) is 19.6 Å². The molecule has 21 heavy (non-hydrogen) atoms. The molecule has 0 spiro atoms. The lowest BCUT2D eigenvalue weighted by Crippen LogP contribution is -2.16. The Balaban J connectivity index is 1.55. The van der Waals surface area contributed by atoms with E-state index < -0.39 is 5.82 Å². The molecule has 112 valence electrons. The fourth-order valence-electron chi connectivity index (χ4n) is 1.95. The summed E-state index contributed by atoms with van der Waals surface area (Å²) in [7, 11) is 0. The summed E-state index contributed by atoms with van der Waals surface area (Å²) in [5.74, 6) is -0.398. The van der Waals surface area contributed by atoms with Gasteiger partial charge in [0.1, 0.15) is 5.82 Å². The summed E-state index contributed by atoms with van der Waals surface area (Å²) in [6.45, 7) is 2.89. The van der Waals surface area contributed by atoms with Crippen molar-refractivity contribution in [2.24, 2.45) is 0 Å². The Bertz CT molecular complexity index is 548. The zero-order valence-electron chi connectivity index (χ0n) is 11.8. The van der Waals surface area contributed by atoms with Crippen molar-refractivity contribution in [3.05, 3.63) is 70.5 Å². The summed E-state index contributed by atoms with van der Waals surface area (Å²) in [5, 5.41) is 3.51. The Labute approximate surface area is 129 Å². The largest absolute Gasteiger partial charge is 0.377 e. The highest BCUT2D eigenvalue weighted by Crippen LogP contribution is 2.16. The van der Waals surface area contributed by atoms with Crippen LogP contribution in [0.15, 0.2) is 48.5 Å². The van der Waals surface area contributed by atoms with Gasteiger partial charge in [-0.2, -0.15) is 0 Å². The van der Waals surface area contributed by atoms with Crippen LogP contribution in [0.5, 0.6) is 0 Å². The second kappa shape index (κ2) is 8.78. The minimum atomic E-state index is -0.398. The Morgan fingerprint density at radius 1 is 1.05 bits per heavy atom. The van der Waals surface area contributed by atoms with E-state index in [1.165, 1.54) is 11.6 Å². The molecule has 0 atom stereocenters. The van der Waals surface area contributed by atoms with Crippen LogP contribution in [0.3, 0.4) is 0 Å². The summed E-state index contributed by atoms with van der Waals surface area (Å²) in [6, 6.07) is 14.9. The van der Waals surface area contributed by atoms with Crippen LogP contribution in [0.4, 0.5) is 4.39 Å². The van der Waals surface area contributed by atoms with E-state index in [2.05, 4.69) is 17.4 Å². The second-order valence-corrected chi connectivity index (χ2v) is 5.22. The molecule has 4 heteroatoms. The van der Waals surface area contributed by atoms with E-state index >= 15 is 0 Å². The minimum absolute atomic E-state index is 0.139. The van der Waals surface area contributed by atoms with E-state index in [4.69, 9.17) is 16.3 Å². The van der Waals surface area contributed by atoms with E-state index in [0.717, 1.165) is 25.1 Å². The molecule has 0 bridgehead atoms. The van der Waals surface area contributed by atoms with Crippen LogP contribution in [0.2, 0.25) is 5.02 Å². The molecule has 0 radical (unpaired) electrons. The molecule has 0 fully saturated rings. The summed E-state index contributed by atoms with van der Waals surface area (Å²) < 4.78 is 18.5. The zero-order valence-corrected chi connectivity index (χ0v) is 12.6. The van der Waals surface area contributed by atoms with Crippen molar-refractivity contribution in [3.8, 4) is 0 Å². The highest BCUT2D eigenvalue weighted by molar-refractivity contribution is 6.30. The van der Waals surface area contributed by atoms with E-state index in [1.807, 2.05) is 18.2 Å². The Morgan fingerprint density at radius 2 is 1.86 bits per heavy atom. The second-order valence-electron chi connectivity index (χ2n) is 4.82. The van der Waals surface area contributed by atoms with E-state index in [1.54, 1.807) is 12.1 Å². The Hall–Kier alpha value is -1.42. The van der Waals surface area contributed by atoms with Gasteiger partial charge in [-0.3, -0.25) is 0 Å². The van der Waals surface area contributed by atoms with Gasteiger partial charge in [0.25, 0.3) is 0 Å². The van der Waals surface area contributed by atoms with Crippen molar-refractivity contribution in [1.29, 1.82) is 0 Å². The van der Waals surface area contributed by atoms with Crippen LogP contribution in [0, 0.1) is 5.82 Å². The molecule has 0 aliphatic carbocycles. The SMILES string of the molecule is Fc1ccc(COCCCNCc2ccccc2)cc1Cl. The van der Waals surface area contributed by atoms with Crippen molar-refractivity contribution >= 4 is 11.6 Å². The summed E-state index contributed by atoms with van der Waals surface area (Å²) in [6.07, 6.45) is 0.932. The predicted octanol–water partition coefficient (Wildman–Crippen LogP) is 4.18. The molecule has 2 aromatic rings. The number of hydrogen-bond acceptors (Lipinski definition) is 2. The molecule has 0 saturated carbocycles. The minimum Gasteiger partial charge on any atom is -0.377 e. The first-order valence-corrected chi connectivity index (χ1v) is 7.40. The molecule has 2 nitrogen and oxygen atoms in total. The Morgan fingerprint density at radius 3 is 2.62 bits per heavy atom. The molecule has 0 amide bonds. The fraction of sp³-hybridized carbons (Fsp3) is 0.294. The maximum Gasteiger partial charge on any atom is 0.141 e. The molecular weight excluding hydrogens is 289 g/mol. The first kappa shape index (κ1) is 16.0. The molecule has 2 aromatic carbocycles. The number of benzene rings is 2. The van der Waals surface area contributed by atoms with Gasteiger partial charge >= 0.3 is 0 Å². The molecule has 1 N–H and O–H groups in total. The molecule has 0 heterocycles. The van der Waals surface area contributed by atoms with Crippen LogP contribution < -0.4 is 5.32 Å². The van der Waals surface area contributed by atoms with Crippen molar-refractivity contribution in [3.63, 3.8) is 0 Å². The summed E-state index contributed by atoms with van der Waals surface area (Å²) in [4.78, 5) is 0. The molecule has 0 aliphatic heterocycles. The molecule has 0 unspecified atom stereocenters. The predicted molar refractivity (Wildman–Crippen MR) is 83.8 cm³/mol. The quantitative estimate of drug-likeness (QED) is 0.739. The number of ether oxygens (including phenoxy) is 1. The van der Waals surface area contributed by atoms with Crippen molar-refractivity contribution < 1.29 is 9.13 Å². The third-order valence-electron chi connectivity index (χ3n) is 3.07. The van der Waals surface area contributed by atoms with Crippen LogP contribution in [0.1, 0.15) is 17.5 Å². The third-order valence-corrected chi connectivity index (χ3v) is 3.36. The third kappa shape index (κ3) is 5.84. The average Bonchev–Trinajstić information content (AvgIpc) is 2.51. The topological polar surface area (TPSA) is 21.3 Å². The maximum atomic E-state index is 13.0. The lowest BCUT2D eigenvalue weighted by atomic mass is 10.2. The summed E-state index contributed by atoms with van der Waals surface area (Å²) in [5.41, 5.74) is 2.16. The molecule has 0 aliphatic rings. The van der Waals surface area contributed by atoms with Gasteiger partial charge in [-0.15, -0.1) is 0 Å². The Kier molecular flexibility index (Phi) is 6.67. The lowest BCUT2D eigenvalue weighted by molar-refractivity contribution is 0.118. The van der Waals surface area contributed by atoms with Crippen molar-refractivity contribution in [2.75, 3.05) is 13.2 Å². The van der Waals surface area contributed by atoms with Gasteiger partial charge < -0.3 is 10.1 Å². The smallest absolute Gasteiger partial charge is 0.141 e. The monoisotopic (exact) mass is 307 g/mol. The molecule has 2 rings (SSSR count). The van der Waals surface area contributed by atoms with Gasteiger partial charge in [0.05, 0.1) is 11.6 Å². The lowest BCUT2D eigenvalue weighted by Gasteiger charge is -2.07. The first-order chi connectivity index (χ1) is 10.3. The number of nitrogens with one attached hydrogen (secondary N) is 1. The normalized spacial score (nSPS) is 10.8. The van der Waals surface area contributed by atoms with E-state index in [-0.39, 0.29) is 5.02 Å². The molecule has 0 aromatic heterocycles. The van der Waals surface area contributed by atoms with Crippen LogP contribution in [0.25, 0.3) is 0 Å². The van der Waals surface area contributed by atoms with Gasteiger partial charge in [0, 0.05) is 13.2 Å². The van der Waals surface area contributed by atoms with E-state index in [0.29, 0.717) is 13.2 Å². The van der Waals surface area contributed by atoms with Crippen LogP contribution in [-0.2, 0) is 17.9 Å². The molecule has 0 saturated heterocycles. The highest BCUT2D eigenvalue weighted by atomic mass is 35.5. The van der Waals surface area contributed by atoms with Gasteiger partial charge in [-0.25, -0.2) is 4.39 Å². The van der Waals surface area contributed by atoms with E-state index in [9.17, 15) is 4.39 Å². The van der Waals surface area contributed by atoms with Gasteiger partial charge in [-0.05, 0) is 36.2 Å². The standard InChI is InChI=1S/C17H19ClFNO/c18-16-11-15(7-8-17(16)19)13-21-10-4-9-20-12-14-5-2-1-3-6-14/h1-3,5-8,11,20H,4,9-10,12-13H2. The number of hydrogen-bond donors (Lipinski definition) is 1. The van der Waals surface area contributed by atoms with Gasteiger partial charge in [0.2, 0.25) is 0 Å². The van der Waals surface area contributed by atoms with Gasteiger partial charge in [-0.1, -0.05) is 48.0 Å². The highest BCUT2D eigenvalue weighted by Gasteiger charge is 2.00. The van der Waals surface area contributed by atoms with Gasteiger partial charge in [0.15, 0.2) is 0 Å². The van der Waals surface area contributed by atoms with Crippen LogP contribution in [-0.4, -0.2) is 13.2 Å². The van der Waals surface area contributed by atoms with Crippen LogP contribution >= 0.6 is 11.6 Å². The zero-order chi connectivity index (χ0) is 14.9.